The third-order valence-corrected chi connectivity index (χ3v) is 3.04. The fourth-order valence-corrected chi connectivity index (χ4v) is 1.97. The monoisotopic (exact) mass is 261 g/mol. The molecule has 1 aromatic carbocycles. The molecule has 0 saturated heterocycles. The van der Waals surface area contributed by atoms with E-state index in [-0.39, 0.29) is 5.75 Å². The molecule has 0 spiro atoms. The SMILES string of the molecule is COc1ccc(CNCc2cn(C)nc2C)c(O)c1. The van der Waals surface area contributed by atoms with Crippen molar-refractivity contribution < 1.29 is 9.84 Å². The lowest BCUT2D eigenvalue weighted by molar-refractivity contribution is 0.406. The van der Waals surface area contributed by atoms with E-state index in [1.807, 2.05) is 32.3 Å². The zero-order valence-corrected chi connectivity index (χ0v) is 11.5. The van der Waals surface area contributed by atoms with Gasteiger partial charge in [-0.05, 0) is 13.0 Å². The molecule has 0 aliphatic heterocycles. The van der Waals surface area contributed by atoms with E-state index < -0.39 is 0 Å². The summed E-state index contributed by atoms with van der Waals surface area (Å²) < 4.78 is 6.85. The van der Waals surface area contributed by atoms with Gasteiger partial charge in [-0.25, -0.2) is 0 Å². The van der Waals surface area contributed by atoms with Crippen molar-refractivity contribution in [2.45, 2.75) is 20.0 Å². The Morgan fingerprint density at radius 2 is 2.05 bits per heavy atom. The Balaban J connectivity index is 1.94. The molecule has 5 nitrogen and oxygen atoms in total. The van der Waals surface area contributed by atoms with Crippen LogP contribution >= 0.6 is 0 Å². The summed E-state index contributed by atoms with van der Waals surface area (Å²) in [4.78, 5) is 0. The van der Waals surface area contributed by atoms with Crippen LogP contribution in [0, 0.1) is 6.92 Å². The molecule has 5 heteroatoms. The first-order chi connectivity index (χ1) is 9.10. The predicted octanol–water partition coefficient (Wildman–Crippen LogP) is 1.73. The minimum atomic E-state index is 0.245. The molecule has 19 heavy (non-hydrogen) atoms. The molecule has 1 heterocycles. The second-order valence-electron chi connectivity index (χ2n) is 4.51. The number of nitrogens with one attached hydrogen (secondary N) is 1. The summed E-state index contributed by atoms with van der Waals surface area (Å²) in [6.07, 6.45) is 2.00. The molecule has 2 aromatic rings. The lowest BCUT2D eigenvalue weighted by Crippen LogP contribution is -2.13. The van der Waals surface area contributed by atoms with E-state index in [2.05, 4.69) is 10.4 Å². The van der Waals surface area contributed by atoms with E-state index in [0.717, 1.165) is 23.4 Å². The maximum absolute atomic E-state index is 9.84. The fourth-order valence-electron chi connectivity index (χ4n) is 1.97. The predicted molar refractivity (Wildman–Crippen MR) is 73.1 cm³/mol. The second kappa shape index (κ2) is 5.75. The van der Waals surface area contributed by atoms with Crippen molar-refractivity contribution >= 4 is 0 Å². The average molecular weight is 261 g/mol. The average Bonchev–Trinajstić information content (AvgIpc) is 2.70. The number of benzene rings is 1. The summed E-state index contributed by atoms with van der Waals surface area (Å²) in [5.41, 5.74) is 3.03. The van der Waals surface area contributed by atoms with Crippen LogP contribution in [0.1, 0.15) is 16.8 Å². The maximum atomic E-state index is 9.84. The lowest BCUT2D eigenvalue weighted by Gasteiger charge is -2.08. The first kappa shape index (κ1) is 13.4. The van der Waals surface area contributed by atoms with Gasteiger partial charge >= 0.3 is 0 Å². The van der Waals surface area contributed by atoms with Gasteiger partial charge in [-0.2, -0.15) is 5.10 Å². The van der Waals surface area contributed by atoms with Crippen LogP contribution in [0.3, 0.4) is 0 Å². The van der Waals surface area contributed by atoms with Crippen LogP contribution in [0.2, 0.25) is 0 Å². The van der Waals surface area contributed by atoms with Gasteiger partial charge in [-0.15, -0.1) is 0 Å². The van der Waals surface area contributed by atoms with E-state index in [0.29, 0.717) is 12.3 Å². The van der Waals surface area contributed by atoms with Crippen LogP contribution in [0.4, 0.5) is 0 Å². The lowest BCUT2D eigenvalue weighted by atomic mass is 10.2. The Hall–Kier alpha value is -2.01. The molecule has 0 aliphatic carbocycles. The van der Waals surface area contributed by atoms with Gasteiger partial charge in [0.05, 0.1) is 12.8 Å². The van der Waals surface area contributed by atoms with Crippen molar-refractivity contribution in [1.82, 2.24) is 15.1 Å². The van der Waals surface area contributed by atoms with Gasteiger partial charge in [-0.1, -0.05) is 6.07 Å². The van der Waals surface area contributed by atoms with E-state index >= 15 is 0 Å². The van der Waals surface area contributed by atoms with Crippen molar-refractivity contribution in [2.24, 2.45) is 7.05 Å². The number of nitrogens with zero attached hydrogens (tertiary/aromatic N) is 2. The van der Waals surface area contributed by atoms with Crippen LogP contribution in [-0.2, 0) is 20.1 Å². The van der Waals surface area contributed by atoms with Crippen molar-refractivity contribution in [1.29, 1.82) is 0 Å². The summed E-state index contributed by atoms with van der Waals surface area (Å²) in [5, 5.41) is 17.4. The number of phenolic OH excluding ortho intramolecular Hbond substituents is 1. The molecular formula is C14H19N3O2. The highest BCUT2D eigenvalue weighted by Gasteiger charge is 2.05. The van der Waals surface area contributed by atoms with E-state index in [4.69, 9.17) is 4.74 Å². The Bertz CT molecular complexity index is 564. The quantitative estimate of drug-likeness (QED) is 0.860. The largest absolute Gasteiger partial charge is 0.507 e. The number of aromatic nitrogens is 2. The van der Waals surface area contributed by atoms with Crippen molar-refractivity contribution in [3.8, 4) is 11.5 Å². The van der Waals surface area contributed by atoms with Crippen LogP contribution < -0.4 is 10.1 Å². The summed E-state index contributed by atoms with van der Waals surface area (Å²) >= 11 is 0. The molecule has 102 valence electrons. The molecule has 0 atom stereocenters. The van der Waals surface area contributed by atoms with Gasteiger partial charge in [0, 0.05) is 43.5 Å². The topological polar surface area (TPSA) is 59.3 Å². The number of phenols is 1. The standard InChI is InChI=1S/C14H19N3O2/c1-10-12(9-17(2)16-10)8-15-7-11-4-5-13(19-3)6-14(11)18/h4-6,9,15,18H,7-8H2,1-3H3. The first-order valence-corrected chi connectivity index (χ1v) is 6.16. The molecule has 0 aliphatic rings. The Labute approximate surface area is 112 Å². The number of aromatic hydroxyl groups is 1. The van der Waals surface area contributed by atoms with Gasteiger partial charge in [0.2, 0.25) is 0 Å². The smallest absolute Gasteiger partial charge is 0.123 e. The van der Waals surface area contributed by atoms with E-state index in [1.54, 1.807) is 17.9 Å². The zero-order chi connectivity index (χ0) is 13.8. The number of ether oxygens (including phenoxy) is 1. The van der Waals surface area contributed by atoms with Crippen LogP contribution in [0.15, 0.2) is 24.4 Å². The van der Waals surface area contributed by atoms with Crippen molar-refractivity contribution in [3.63, 3.8) is 0 Å². The van der Waals surface area contributed by atoms with Gasteiger partial charge in [-0.3, -0.25) is 4.68 Å². The molecule has 0 amide bonds. The number of methoxy groups -OCH3 is 1. The highest BCUT2D eigenvalue weighted by atomic mass is 16.5. The maximum Gasteiger partial charge on any atom is 0.123 e. The van der Waals surface area contributed by atoms with E-state index in [9.17, 15) is 5.11 Å². The normalized spacial score (nSPS) is 10.7. The molecule has 1 aromatic heterocycles. The Morgan fingerprint density at radius 3 is 2.63 bits per heavy atom. The summed E-state index contributed by atoms with van der Waals surface area (Å²) in [7, 11) is 3.49. The van der Waals surface area contributed by atoms with Gasteiger partial charge < -0.3 is 15.2 Å². The summed E-state index contributed by atoms with van der Waals surface area (Å²) in [6, 6.07) is 5.32. The summed E-state index contributed by atoms with van der Waals surface area (Å²) in [6.45, 7) is 3.32. The van der Waals surface area contributed by atoms with Crippen LogP contribution in [-0.4, -0.2) is 22.0 Å². The van der Waals surface area contributed by atoms with Gasteiger partial charge in [0.15, 0.2) is 0 Å². The molecule has 0 radical (unpaired) electrons. The molecule has 0 unspecified atom stereocenters. The fraction of sp³-hybridized carbons (Fsp3) is 0.357. The Morgan fingerprint density at radius 1 is 1.32 bits per heavy atom. The molecule has 2 N–H and O–H groups in total. The minimum Gasteiger partial charge on any atom is -0.507 e. The second-order valence-corrected chi connectivity index (χ2v) is 4.51. The Kier molecular flexibility index (Phi) is 4.06. The van der Waals surface area contributed by atoms with Gasteiger partial charge in [0.25, 0.3) is 0 Å². The third-order valence-electron chi connectivity index (χ3n) is 3.04. The number of aryl methyl sites for hydroxylation is 2. The molecule has 0 fully saturated rings. The molecule has 2 rings (SSSR count). The highest BCUT2D eigenvalue weighted by molar-refractivity contribution is 5.39. The highest BCUT2D eigenvalue weighted by Crippen LogP contribution is 2.23. The van der Waals surface area contributed by atoms with Gasteiger partial charge in [0.1, 0.15) is 11.5 Å². The number of rotatable bonds is 5. The number of hydrogen-bond acceptors (Lipinski definition) is 4. The summed E-state index contributed by atoms with van der Waals surface area (Å²) in [5.74, 6) is 0.902. The zero-order valence-electron chi connectivity index (χ0n) is 11.5. The number of hydrogen-bond donors (Lipinski definition) is 2. The molecule has 0 saturated carbocycles. The third kappa shape index (κ3) is 3.26. The van der Waals surface area contributed by atoms with Crippen molar-refractivity contribution in [2.75, 3.05) is 7.11 Å². The van der Waals surface area contributed by atoms with Crippen molar-refractivity contribution in [3.05, 3.63) is 41.2 Å². The first-order valence-electron chi connectivity index (χ1n) is 6.16. The van der Waals surface area contributed by atoms with E-state index in [1.165, 1.54) is 0 Å². The molecule has 0 bridgehead atoms. The van der Waals surface area contributed by atoms with Crippen LogP contribution in [0.5, 0.6) is 11.5 Å². The molecular weight excluding hydrogens is 242 g/mol. The van der Waals surface area contributed by atoms with Crippen LogP contribution in [0.25, 0.3) is 0 Å². The minimum absolute atomic E-state index is 0.245.